The average Bonchev–Trinajstić information content (AvgIpc) is 2.90. The lowest BCUT2D eigenvalue weighted by molar-refractivity contribution is -0.112. The first kappa shape index (κ1) is 23.5. The zero-order chi connectivity index (χ0) is 25.1. The lowest BCUT2D eigenvalue weighted by atomic mass is 9.95. The van der Waals surface area contributed by atoms with Gasteiger partial charge in [0, 0.05) is 35.8 Å². The van der Waals surface area contributed by atoms with E-state index in [0.29, 0.717) is 28.1 Å². The normalized spacial score (nSPS) is 14.3. The summed E-state index contributed by atoms with van der Waals surface area (Å²) in [5, 5.41) is 2.82. The third-order valence-corrected chi connectivity index (χ3v) is 8.08. The van der Waals surface area contributed by atoms with Gasteiger partial charge in [0.2, 0.25) is 0 Å². The molecule has 0 radical (unpaired) electrons. The van der Waals surface area contributed by atoms with Crippen molar-refractivity contribution in [3.8, 4) is 0 Å². The Morgan fingerprint density at radius 2 is 1.47 bits per heavy atom. The summed E-state index contributed by atoms with van der Waals surface area (Å²) < 4.78 is 28.9. The van der Waals surface area contributed by atoms with E-state index in [4.69, 9.17) is 0 Å². The van der Waals surface area contributed by atoms with Gasteiger partial charge >= 0.3 is 0 Å². The molecular formula is C29H25N3O3S. The number of nitrogens with one attached hydrogen (secondary N) is 1. The summed E-state index contributed by atoms with van der Waals surface area (Å²) in [5.41, 5.74) is 5.07. The molecule has 180 valence electrons. The number of rotatable bonds is 6. The minimum Gasteiger partial charge on any atom is -0.321 e. The highest BCUT2D eigenvalue weighted by Crippen LogP contribution is 2.42. The van der Waals surface area contributed by atoms with Gasteiger partial charge in [-0.05, 0) is 60.4 Å². The van der Waals surface area contributed by atoms with Gasteiger partial charge in [0.1, 0.15) is 0 Å². The number of para-hydroxylation sites is 1. The SMILES string of the molecule is CCN1c2ccccc2C(c2ccccc2)=C(C(=O)Nc2ccc(Cc3ccncc3)cc2)S1(=O)=O. The van der Waals surface area contributed by atoms with Crippen molar-refractivity contribution in [1.29, 1.82) is 0 Å². The largest absolute Gasteiger partial charge is 0.321 e. The van der Waals surface area contributed by atoms with Gasteiger partial charge in [-0.3, -0.25) is 14.1 Å². The third-order valence-electron chi connectivity index (χ3n) is 6.14. The van der Waals surface area contributed by atoms with Gasteiger partial charge in [-0.1, -0.05) is 60.7 Å². The van der Waals surface area contributed by atoms with Gasteiger partial charge in [0.25, 0.3) is 15.9 Å². The molecule has 0 aliphatic carbocycles. The van der Waals surface area contributed by atoms with Crippen molar-refractivity contribution in [2.45, 2.75) is 13.3 Å². The first-order valence-electron chi connectivity index (χ1n) is 11.7. The zero-order valence-corrected chi connectivity index (χ0v) is 20.6. The van der Waals surface area contributed by atoms with Gasteiger partial charge < -0.3 is 5.32 Å². The number of carbonyl (C=O) groups is 1. The van der Waals surface area contributed by atoms with E-state index >= 15 is 0 Å². The smallest absolute Gasteiger partial charge is 0.270 e. The molecule has 4 aromatic rings. The molecule has 2 heterocycles. The van der Waals surface area contributed by atoms with Crippen molar-refractivity contribution in [3.05, 3.63) is 131 Å². The second-order valence-corrected chi connectivity index (χ2v) is 10.2. The fraction of sp³-hybridized carbons (Fsp3) is 0.103. The van der Waals surface area contributed by atoms with Crippen molar-refractivity contribution < 1.29 is 13.2 Å². The van der Waals surface area contributed by atoms with Crippen LogP contribution >= 0.6 is 0 Å². The predicted octanol–water partition coefficient (Wildman–Crippen LogP) is 5.24. The van der Waals surface area contributed by atoms with E-state index in [2.05, 4.69) is 10.3 Å². The molecule has 6 nitrogen and oxygen atoms in total. The lowest BCUT2D eigenvalue weighted by Gasteiger charge is -2.32. The lowest BCUT2D eigenvalue weighted by Crippen LogP contribution is -2.39. The van der Waals surface area contributed by atoms with Crippen molar-refractivity contribution in [3.63, 3.8) is 0 Å². The van der Waals surface area contributed by atoms with Gasteiger partial charge in [0.05, 0.1) is 5.69 Å². The van der Waals surface area contributed by atoms with Gasteiger partial charge in [0.15, 0.2) is 4.91 Å². The number of pyridine rings is 1. The van der Waals surface area contributed by atoms with Crippen molar-refractivity contribution in [2.24, 2.45) is 0 Å². The van der Waals surface area contributed by atoms with Crippen LogP contribution < -0.4 is 9.62 Å². The maximum Gasteiger partial charge on any atom is 0.270 e. The van der Waals surface area contributed by atoms with Crippen LogP contribution in [0.3, 0.4) is 0 Å². The Balaban J connectivity index is 1.55. The highest BCUT2D eigenvalue weighted by molar-refractivity contribution is 7.97. The van der Waals surface area contributed by atoms with Crippen LogP contribution in [0.15, 0.2) is 108 Å². The van der Waals surface area contributed by atoms with Crippen LogP contribution in [0.1, 0.15) is 29.2 Å². The number of sulfonamides is 1. The number of carbonyl (C=O) groups excluding carboxylic acids is 1. The highest BCUT2D eigenvalue weighted by atomic mass is 32.2. The molecule has 7 heteroatoms. The Bertz CT molecular complexity index is 1530. The Labute approximate surface area is 211 Å². The maximum absolute atomic E-state index is 13.8. The molecule has 5 rings (SSSR count). The molecule has 1 aromatic heterocycles. The molecule has 1 amide bonds. The van der Waals surface area contributed by atoms with E-state index in [-0.39, 0.29) is 11.4 Å². The van der Waals surface area contributed by atoms with Crippen LogP contribution in [0.2, 0.25) is 0 Å². The minimum atomic E-state index is -4.10. The quantitative estimate of drug-likeness (QED) is 0.397. The van der Waals surface area contributed by atoms with E-state index in [1.807, 2.05) is 66.7 Å². The molecule has 3 aromatic carbocycles. The van der Waals surface area contributed by atoms with Crippen molar-refractivity contribution in [2.75, 3.05) is 16.2 Å². The molecular weight excluding hydrogens is 470 g/mol. The Morgan fingerprint density at radius 1 is 0.833 bits per heavy atom. The highest BCUT2D eigenvalue weighted by Gasteiger charge is 2.40. The molecule has 0 saturated heterocycles. The molecule has 1 aliphatic heterocycles. The topological polar surface area (TPSA) is 79.4 Å². The Hall–Kier alpha value is -4.23. The number of aromatic nitrogens is 1. The van der Waals surface area contributed by atoms with Crippen LogP contribution in [0.4, 0.5) is 11.4 Å². The first-order valence-corrected chi connectivity index (χ1v) is 13.1. The number of fused-ring (bicyclic) bond motifs is 1. The summed E-state index contributed by atoms with van der Waals surface area (Å²) in [5.74, 6) is -0.663. The second-order valence-electron chi connectivity index (χ2n) is 8.44. The van der Waals surface area contributed by atoms with E-state index in [1.54, 1.807) is 43.6 Å². The maximum atomic E-state index is 13.8. The molecule has 0 saturated carbocycles. The van der Waals surface area contributed by atoms with Gasteiger partial charge in [-0.15, -0.1) is 0 Å². The molecule has 0 fully saturated rings. The Kier molecular flexibility index (Phi) is 6.40. The van der Waals surface area contributed by atoms with E-state index in [9.17, 15) is 13.2 Å². The summed E-state index contributed by atoms with van der Waals surface area (Å²) in [4.78, 5) is 17.4. The number of anilines is 2. The van der Waals surface area contributed by atoms with Crippen LogP contribution in [-0.4, -0.2) is 25.9 Å². The van der Waals surface area contributed by atoms with Crippen molar-refractivity contribution >= 4 is 32.9 Å². The molecule has 1 aliphatic rings. The monoisotopic (exact) mass is 495 g/mol. The first-order chi connectivity index (χ1) is 17.5. The average molecular weight is 496 g/mol. The summed E-state index contributed by atoms with van der Waals surface area (Å²) in [6, 6.07) is 27.8. The van der Waals surface area contributed by atoms with Crippen LogP contribution in [0, 0.1) is 0 Å². The molecule has 0 spiro atoms. The number of hydrogen-bond acceptors (Lipinski definition) is 4. The van der Waals surface area contributed by atoms with E-state index < -0.39 is 15.9 Å². The molecule has 36 heavy (non-hydrogen) atoms. The standard InChI is InChI=1S/C29H25N3O3S/c1-2-32-26-11-7-6-10-25(26)27(23-8-4-3-5-9-23)28(36(32,34)35)29(33)31-24-14-12-21(13-15-24)20-22-16-18-30-19-17-22/h3-19H,2,20H2,1H3,(H,31,33). The summed E-state index contributed by atoms with van der Waals surface area (Å²) in [6.45, 7) is 1.97. The number of benzene rings is 3. The Morgan fingerprint density at radius 3 is 2.17 bits per heavy atom. The van der Waals surface area contributed by atoms with Crippen LogP contribution in [-0.2, 0) is 21.2 Å². The summed E-state index contributed by atoms with van der Waals surface area (Å²) in [7, 11) is -4.10. The number of hydrogen-bond donors (Lipinski definition) is 1. The van der Waals surface area contributed by atoms with E-state index in [0.717, 1.165) is 17.5 Å². The van der Waals surface area contributed by atoms with E-state index in [1.165, 1.54) is 4.31 Å². The van der Waals surface area contributed by atoms with Gasteiger partial charge in [-0.25, -0.2) is 8.42 Å². The molecule has 1 N–H and O–H groups in total. The fourth-order valence-corrected chi connectivity index (χ4v) is 6.24. The fourth-order valence-electron chi connectivity index (χ4n) is 4.49. The minimum absolute atomic E-state index is 0.210. The summed E-state index contributed by atoms with van der Waals surface area (Å²) >= 11 is 0. The zero-order valence-electron chi connectivity index (χ0n) is 19.8. The second kappa shape index (κ2) is 9.79. The molecule has 0 unspecified atom stereocenters. The molecule has 0 atom stereocenters. The predicted molar refractivity (Wildman–Crippen MR) is 143 cm³/mol. The third kappa shape index (κ3) is 4.41. The van der Waals surface area contributed by atoms with Crippen LogP contribution in [0.5, 0.6) is 0 Å². The van der Waals surface area contributed by atoms with Crippen molar-refractivity contribution in [1.82, 2.24) is 4.98 Å². The number of nitrogens with zero attached hydrogens (tertiary/aromatic N) is 2. The number of amides is 1. The van der Waals surface area contributed by atoms with Crippen LogP contribution in [0.25, 0.3) is 5.57 Å². The summed E-state index contributed by atoms with van der Waals surface area (Å²) in [6.07, 6.45) is 4.24. The molecule has 0 bridgehead atoms. The van der Waals surface area contributed by atoms with Gasteiger partial charge in [-0.2, -0.15) is 0 Å².